The second-order valence-electron chi connectivity index (χ2n) is 6.29. The Morgan fingerprint density at radius 1 is 1.07 bits per heavy atom. The highest BCUT2D eigenvalue weighted by molar-refractivity contribution is 7.21. The largest absolute Gasteiger partial charge is 0.497 e. The van der Waals surface area contributed by atoms with E-state index in [1.807, 2.05) is 49.4 Å². The average molecular weight is 413 g/mol. The van der Waals surface area contributed by atoms with Gasteiger partial charge in [-0.2, -0.15) is 0 Å². The fourth-order valence-corrected chi connectivity index (χ4v) is 3.99. The predicted octanol–water partition coefficient (Wildman–Crippen LogP) is 4.67. The lowest BCUT2D eigenvalue weighted by molar-refractivity contribution is -0.116. The SMILES string of the molecule is CCOc1c(C(=O)OC)sc2ccc(NC(=O)CCc3ccc(OC)cc3)cc12. The van der Waals surface area contributed by atoms with Gasteiger partial charge in [-0.05, 0) is 49.2 Å². The van der Waals surface area contributed by atoms with Gasteiger partial charge in [-0.3, -0.25) is 4.79 Å². The molecule has 0 unspecified atom stereocenters. The summed E-state index contributed by atoms with van der Waals surface area (Å²) in [5.41, 5.74) is 1.72. The number of nitrogens with one attached hydrogen (secondary N) is 1. The van der Waals surface area contributed by atoms with Gasteiger partial charge in [0.25, 0.3) is 0 Å². The van der Waals surface area contributed by atoms with Crippen LogP contribution in [-0.4, -0.2) is 32.7 Å². The van der Waals surface area contributed by atoms with Crippen molar-refractivity contribution in [3.8, 4) is 11.5 Å². The number of fused-ring (bicyclic) bond motifs is 1. The summed E-state index contributed by atoms with van der Waals surface area (Å²) in [4.78, 5) is 24.8. The molecule has 0 radical (unpaired) electrons. The molecule has 29 heavy (non-hydrogen) atoms. The Labute approximate surface area is 173 Å². The molecular weight excluding hydrogens is 390 g/mol. The van der Waals surface area contributed by atoms with E-state index in [1.165, 1.54) is 18.4 Å². The lowest BCUT2D eigenvalue weighted by Crippen LogP contribution is -2.12. The minimum absolute atomic E-state index is 0.0819. The molecule has 0 saturated heterocycles. The first-order chi connectivity index (χ1) is 14.0. The van der Waals surface area contributed by atoms with Crippen molar-refractivity contribution in [3.63, 3.8) is 0 Å². The molecule has 2 aromatic carbocycles. The van der Waals surface area contributed by atoms with E-state index in [1.54, 1.807) is 7.11 Å². The first-order valence-electron chi connectivity index (χ1n) is 9.26. The number of esters is 1. The molecule has 0 aliphatic rings. The molecule has 6 nitrogen and oxygen atoms in total. The van der Waals surface area contributed by atoms with Crippen molar-refractivity contribution in [2.24, 2.45) is 0 Å². The van der Waals surface area contributed by atoms with Crippen LogP contribution in [0.3, 0.4) is 0 Å². The monoisotopic (exact) mass is 413 g/mol. The van der Waals surface area contributed by atoms with Crippen molar-refractivity contribution in [1.29, 1.82) is 0 Å². The second kappa shape index (κ2) is 9.43. The van der Waals surface area contributed by atoms with Crippen molar-refractivity contribution >= 4 is 39.0 Å². The van der Waals surface area contributed by atoms with Gasteiger partial charge in [-0.1, -0.05) is 12.1 Å². The number of benzene rings is 2. The highest BCUT2D eigenvalue weighted by atomic mass is 32.1. The number of anilines is 1. The molecule has 7 heteroatoms. The molecule has 0 aliphatic heterocycles. The van der Waals surface area contributed by atoms with E-state index < -0.39 is 5.97 Å². The van der Waals surface area contributed by atoms with E-state index in [0.29, 0.717) is 35.8 Å². The quantitative estimate of drug-likeness (QED) is 0.544. The van der Waals surface area contributed by atoms with Crippen LogP contribution >= 0.6 is 11.3 Å². The number of hydrogen-bond acceptors (Lipinski definition) is 6. The number of carbonyl (C=O) groups excluding carboxylic acids is 2. The van der Waals surface area contributed by atoms with Crippen LogP contribution in [0.25, 0.3) is 10.1 Å². The normalized spacial score (nSPS) is 10.6. The summed E-state index contributed by atoms with van der Waals surface area (Å²) in [5, 5.41) is 3.70. The molecule has 0 bridgehead atoms. The smallest absolute Gasteiger partial charge is 0.351 e. The minimum Gasteiger partial charge on any atom is -0.497 e. The van der Waals surface area contributed by atoms with E-state index in [9.17, 15) is 9.59 Å². The number of hydrogen-bond donors (Lipinski definition) is 1. The maximum atomic E-state index is 12.4. The Morgan fingerprint density at radius 2 is 1.83 bits per heavy atom. The Kier molecular flexibility index (Phi) is 6.72. The van der Waals surface area contributed by atoms with Crippen molar-refractivity contribution < 1.29 is 23.8 Å². The fourth-order valence-electron chi connectivity index (χ4n) is 2.94. The maximum Gasteiger partial charge on any atom is 0.351 e. The van der Waals surface area contributed by atoms with Crippen LogP contribution < -0.4 is 14.8 Å². The number of carbonyl (C=O) groups is 2. The highest BCUT2D eigenvalue weighted by Gasteiger charge is 2.20. The van der Waals surface area contributed by atoms with Gasteiger partial charge < -0.3 is 19.5 Å². The fraction of sp³-hybridized carbons (Fsp3) is 0.273. The van der Waals surface area contributed by atoms with Crippen LogP contribution in [0.5, 0.6) is 11.5 Å². The van der Waals surface area contributed by atoms with Gasteiger partial charge in [0.1, 0.15) is 5.75 Å². The van der Waals surface area contributed by atoms with Gasteiger partial charge in [0.15, 0.2) is 10.6 Å². The van der Waals surface area contributed by atoms with Gasteiger partial charge in [-0.15, -0.1) is 11.3 Å². The summed E-state index contributed by atoms with van der Waals surface area (Å²) < 4.78 is 16.6. The topological polar surface area (TPSA) is 73.9 Å². The summed E-state index contributed by atoms with van der Waals surface area (Å²) >= 11 is 1.31. The zero-order valence-electron chi connectivity index (χ0n) is 16.6. The Balaban J connectivity index is 1.72. The molecule has 152 valence electrons. The average Bonchev–Trinajstić information content (AvgIpc) is 3.10. The summed E-state index contributed by atoms with van der Waals surface area (Å²) in [6, 6.07) is 13.2. The lowest BCUT2D eigenvalue weighted by atomic mass is 10.1. The third-order valence-corrected chi connectivity index (χ3v) is 5.52. The van der Waals surface area contributed by atoms with Gasteiger partial charge >= 0.3 is 5.97 Å². The van der Waals surface area contributed by atoms with Crippen LogP contribution in [0.4, 0.5) is 5.69 Å². The van der Waals surface area contributed by atoms with Gasteiger partial charge in [0.05, 0.1) is 20.8 Å². The molecule has 1 aromatic heterocycles. The van der Waals surface area contributed by atoms with Crippen molar-refractivity contribution in [3.05, 3.63) is 52.9 Å². The molecule has 0 aliphatic carbocycles. The van der Waals surface area contributed by atoms with Crippen molar-refractivity contribution in [2.45, 2.75) is 19.8 Å². The van der Waals surface area contributed by atoms with E-state index in [4.69, 9.17) is 14.2 Å². The molecule has 3 rings (SSSR count). The van der Waals surface area contributed by atoms with E-state index >= 15 is 0 Å². The Morgan fingerprint density at radius 3 is 2.48 bits per heavy atom. The molecule has 1 amide bonds. The summed E-state index contributed by atoms with van der Waals surface area (Å²) in [6.07, 6.45) is 0.993. The molecule has 3 aromatic rings. The van der Waals surface area contributed by atoms with E-state index in [0.717, 1.165) is 21.4 Å². The Bertz CT molecular complexity index is 1010. The van der Waals surface area contributed by atoms with E-state index in [-0.39, 0.29) is 5.91 Å². The predicted molar refractivity (Wildman–Crippen MR) is 114 cm³/mol. The van der Waals surface area contributed by atoms with Crippen LogP contribution in [0.15, 0.2) is 42.5 Å². The first kappa shape index (κ1) is 20.7. The summed E-state index contributed by atoms with van der Waals surface area (Å²) in [6.45, 7) is 2.28. The van der Waals surface area contributed by atoms with Crippen LogP contribution in [-0.2, 0) is 16.0 Å². The third-order valence-electron chi connectivity index (χ3n) is 4.39. The van der Waals surface area contributed by atoms with Gasteiger partial charge in [0, 0.05) is 22.2 Å². The van der Waals surface area contributed by atoms with Gasteiger partial charge in [0.2, 0.25) is 5.91 Å². The molecule has 1 heterocycles. The molecule has 0 fully saturated rings. The standard InChI is InChI=1S/C22H23NO5S/c1-4-28-20-17-13-15(8-11-18(17)29-21(20)22(25)27-3)23-19(24)12-7-14-5-9-16(26-2)10-6-14/h5-6,8-11,13H,4,7,12H2,1-3H3,(H,23,24). The molecule has 0 atom stereocenters. The van der Waals surface area contributed by atoms with Crippen LogP contribution in [0.1, 0.15) is 28.6 Å². The molecular formula is C22H23NO5S. The second-order valence-corrected chi connectivity index (χ2v) is 7.34. The van der Waals surface area contributed by atoms with Crippen LogP contribution in [0.2, 0.25) is 0 Å². The maximum absolute atomic E-state index is 12.4. The third kappa shape index (κ3) is 4.86. The number of amides is 1. The molecule has 0 spiro atoms. The zero-order valence-corrected chi connectivity index (χ0v) is 17.4. The first-order valence-corrected chi connectivity index (χ1v) is 10.1. The van der Waals surface area contributed by atoms with Gasteiger partial charge in [-0.25, -0.2) is 4.79 Å². The lowest BCUT2D eigenvalue weighted by Gasteiger charge is -2.08. The van der Waals surface area contributed by atoms with E-state index in [2.05, 4.69) is 5.32 Å². The molecule has 0 saturated carbocycles. The number of ether oxygens (including phenoxy) is 3. The van der Waals surface area contributed by atoms with Crippen molar-refractivity contribution in [2.75, 3.05) is 26.1 Å². The number of rotatable bonds is 8. The summed E-state index contributed by atoms with van der Waals surface area (Å²) in [7, 11) is 2.97. The number of aryl methyl sites for hydroxylation is 1. The molecule has 1 N–H and O–H groups in total. The summed E-state index contributed by atoms with van der Waals surface area (Å²) in [5.74, 6) is 0.772. The minimum atomic E-state index is -0.431. The Hall–Kier alpha value is -3.06. The number of thiophene rings is 1. The number of methoxy groups -OCH3 is 2. The zero-order chi connectivity index (χ0) is 20.8. The highest BCUT2D eigenvalue weighted by Crippen LogP contribution is 2.39. The van der Waals surface area contributed by atoms with Crippen LogP contribution in [0, 0.1) is 0 Å². The van der Waals surface area contributed by atoms with Crippen molar-refractivity contribution in [1.82, 2.24) is 0 Å².